The first-order valence-electron chi connectivity index (χ1n) is 9.34. The Morgan fingerprint density at radius 3 is 2.50 bits per heavy atom. The number of phenols is 2. The van der Waals surface area contributed by atoms with Crippen LogP contribution in [0.25, 0.3) is 11.1 Å². The van der Waals surface area contributed by atoms with Crippen molar-refractivity contribution in [1.29, 1.82) is 0 Å². The highest BCUT2D eigenvalue weighted by atomic mass is 16.5. The molecule has 4 rings (SSSR count). The van der Waals surface area contributed by atoms with Crippen LogP contribution in [-0.2, 0) is 11.2 Å². The van der Waals surface area contributed by atoms with Crippen LogP contribution in [0.1, 0.15) is 17.2 Å². The molecule has 0 radical (unpaired) electrons. The maximum absolute atomic E-state index is 10.3. The van der Waals surface area contributed by atoms with Gasteiger partial charge in [0.2, 0.25) is 0 Å². The summed E-state index contributed by atoms with van der Waals surface area (Å²) < 4.78 is 12.2. The average Bonchev–Trinajstić information content (AvgIpc) is 2.75. The normalized spacial score (nSPS) is 18.5. The van der Waals surface area contributed by atoms with Crippen LogP contribution >= 0.6 is 0 Å². The summed E-state index contributed by atoms with van der Waals surface area (Å²) in [7, 11) is 0. The molecule has 144 valence electrons. The minimum absolute atomic E-state index is 0.103. The largest absolute Gasteiger partial charge is 0.504 e. The topological polar surface area (TPSA) is 84.9 Å². The number of benzene rings is 3. The van der Waals surface area contributed by atoms with Crippen molar-refractivity contribution in [1.82, 2.24) is 0 Å². The number of para-hydroxylation sites is 1. The molecule has 0 amide bonds. The molecular weight excluding hydrogens is 354 g/mol. The molecule has 0 saturated heterocycles. The van der Waals surface area contributed by atoms with E-state index in [-0.39, 0.29) is 30.3 Å². The van der Waals surface area contributed by atoms with Crippen molar-refractivity contribution >= 4 is 0 Å². The maximum atomic E-state index is 10.3. The van der Waals surface area contributed by atoms with Crippen molar-refractivity contribution in [3.8, 4) is 28.4 Å². The van der Waals surface area contributed by atoms with Crippen molar-refractivity contribution in [2.45, 2.75) is 18.6 Å². The summed E-state index contributed by atoms with van der Waals surface area (Å²) in [6.45, 7) is 0.600. The van der Waals surface area contributed by atoms with Crippen molar-refractivity contribution in [2.24, 2.45) is 5.73 Å². The molecule has 0 aliphatic carbocycles. The average molecular weight is 377 g/mol. The van der Waals surface area contributed by atoms with Gasteiger partial charge in [0, 0.05) is 24.1 Å². The SMILES string of the molecule is NCC1OC(COc2ccccc2-c2ccccc2)Cc2c1ccc(O)c2O. The predicted molar refractivity (Wildman–Crippen MR) is 108 cm³/mol. The molecular formula is C23H23NO4. The second-order valence-corrected chi connectivity index (χ2v) is 6.86. The van der Waals surface area contributed by atoms with E-state index in [4.69, 9.17) is 15.2 Å². The van der Waals surface area contributed by atoms with Gasteiger partial charge in [-0.25, -0.2) is 0 Å². The van der Waals surface area contributed by atoms with Crippen LogP contribution in [0.3, 0.4) is 0 Å². The standard InChI is InChI=1S/C23H23NO4/c24-13-22-18-10-11-20(25)23(26)19(18)12-16(28-22)14-27-21-9-5-4-8-17(21)15-6-2-1-3-7-15/h1-11,16,22,25-26H,12-14,24H2. The summed E-state index contributed by atoms with van der Waals surface area (Å²) in [4.78, 5) is 0. The number of hydrogen-bond donors (Lipinski definition) is 3. The quantitative estimate of drug-likeness (QED) is 0.589. The second kappa shape index (κ2) is 7.92. The lowest BCUT2D eigenvalue weighted by molar-refractivity contribution is -0.0421. The van der Waals surface area contributed by atoms with Gasteiger partial charge in [0.05, 0.1) is 12.2 Å². The van der Waals surface area contributed by atoms with Crippen LogP contribution in [0.4, 0.5) is 0 Å². The van der Waals surface area contributed by atoms with Crippen LogP contribution in [0.5, 0.6) is 17.2 Å². The van der Waals surface area contributed by atoms with E-state index < -0.39 is 0 Å². The highest BCUT2D eigenvalue weighted by Crippen LogP contribution is 2.40. The fourth-order valence-electron chi connectivity index (χ4n) is 3.65. The van der Waals surface area contributed by atoms with Gasteiger partial charge in [0.15, 0.2) is 11.5 Å². The second-order valence-electron chi connectivity index (χ2n) is 6.86. The minimum atomic E-state index is -0.340. The molecule has 0 fully saturated rings. The molecule has 0 bridgehead atoms. The summed E-state index contributed by atoms with van der Waals surface area (Å²) in [5, 5.41) is 20.1. The van der Waals surface area contributed by atoms with Gasteiger partial charge in [-0.1, -0.05) is 54.6 Å². The van der Waals surface area contributed by atoms with E-state index in [1.54, 1.807) is 6.07 Å². The number of ether oxygens (including phenoxy) is 2. The van der Waals surface area contributed by atoms with Crippen molar-refractivity contribution in [2.75, 3.05) is 13.2 Å². The van der Waals surface area contributed by atoms with Gasteiger partial charge < -0.3 is 25.4 Å². The Hall–Kier alpha value is -3.02. The van der Waals surface area contributed by atoms with Crippen molar-refractivity contribution in [3.05, 3.63) is 77.9 Å². The highest BCUT2D eigenvalue weighted by molar-refractivity contribution is 5.70. The van der Waals surface area contributed by atoms with E-state index >= 15 is 0 Å². The number of aromatic hydroxyl groups is 2. The van der Waals surface area contributed by atoms with Gasteiger partial charge in [-0.05, 0) is 23.3 Å². The molecule has 3 aromatic carbocycles. The molecule has 3 aromatic rings. The number of rotatable bonds is 5. The first-order valence-corrected chi connectivity index (χ1v) is 9.34. The molecule has 5 heteroatoms. The van der Waals surface area contributed by atoms with Crippen LogP contribution < -0.4 is 10.5 Å². The van der Waals surface area contributed by atoms with Crippen LogP contribution in [0.2, 0.25) is 0 Å². The third-order valence-electron chi connectivity index (χ3n) is 5.04. The molecule has 2 unspecified atom stereocenters. The molecule has 0 spiro atoms. The Morgan fingerprint density at radius 2 is 1.71 bits per heavy atom. The summed E-state index contributed by atoms with van der Waals surface area (Å²) in [6.07, 6.45) is -0.176. The van der Waals surface area contributed by atoms with Gasteiger partial charge in [-0.2, -0.15) is 0 Å². The van der Waals surface area contributed by atoms with Crippen LogP contribution in [0.15, 0.2) is 66.7 Å². The van der Waals surface area contributed by atoms with Gasteiger partial charge in [-0.15, -0.1) is 0 Å². The Morgan fingerprint density at radius 1 is 0.964 bits per heavy atom. The molecule has 5 nitrogen and oxygen atoms in total. The summed E-state index contributed by atoms with van der Waals surface area (Å²) in [5.74, 6) is 0.534. The molecule has 1 heterocycles. The van der Waals surface area contributed by atoms with E-state index in [1.165, 1.54) is 6.07 Å². The first-order chi connectivity index (χ1) is 13.7. The van der Waals surface area contributed by atoms with E-state index in [1.807, 2.05) is 54.6 Å². The zero-order valence-corrected chi connectivity index (χ0v) is 15.4. The van der Waals surface area contributed by atoms with E-state index in [2.05, 4.69) is 0 Å². The van der Waals surface area contributed by atoms with Crippen LogP contribution in [0, 0.1) is 0 Å². The lowest BCUT2D eigenvalue weighted by atomic mass is 9.93. The molecule has 4 N–H and O–H groups in total. The Balaban J connectivity index is 1.54. The zero-order valence-electron chi connectivity index (χ0n) is 15.4. The van der Waals surface area contributed by atoms with Gasteiger partial charge in [0.1, 0.15) is 12.4 Å². The molecule has 0 saturated carbocycles. The fourth-order valence-corrected chi connectivity index (χ4v) is 3.65. The highest BCUT2D eigenvalue weighted by Gasteiger charge is 2.30. The fraction of sp³-hybridized carbons (Fsp3) is 0.217. The van der Waals surface area contributed by atoms with Crippen LogP contribution in [-0.4, -0.2) is 29.5 Å². The molecule has 0 aromatic heterocycles. The summed E-state index contributed by atoms with van der Waals surface area (Å²) >= 11 is 0. The molecule has 1 aliphatic heterocycles. The van der Waals surface area contributed by atoms with Crippen molar-refractivity contribution < 1.29 is 19.7 Å². The smallest absolute Gasteiger partial charge is 0.161 e. The molecule has 2 atom stereocenters. The zero-order chi connectivity index (χ0) is 19.5. The minimum Gasteiger partial charge on any atom is -0.504 e. The number of fused-ring (bicyclic) bond motifs is 1. The lowest BCUT2D eigenvalue weighted by Crippen LogP contribution is -2.34. The lowest BCUT2D eigenvalue weighted by Gasteiger charge is -2.32. The molecule has 28 heavy (non-hydrogen) atoms. The van der Waals surface area contributed by atoms with E-state index in [0.29, 0.717) is 18.6 Å². The third-order valence-corrected chi connectivity index (χ3v) is 5.04. The number of hydrogen-bond acceptors (Lipinski definition) is 5. The van der Waals surface area contributed by atoms with E-state index in [9.17, 15) is 10.2 Å². The Kier molecular flexibility index (Phi) is 5.19. The Bertz CT molecular complexity index is 958. The number of phenolic OH excluding ortho intramolecular Hbond substituents is 2. The summed E-state index contributed by atoms with van der Waals surface area (Å²) in [5.41, 5.74) is 9.45. The van der Waals surface area contributed by atoms with Gasteiger partial charge in [-0.3, -0.25) is 0 Å². The Labute approximate surface area is 164 Å². The molecule has 1 aliphatic rings. The first kappa shape index (κ1) is 18.3. The predicted octanol–water partition coefficient (Wildman–Crippen LogP) is 3.78. The monoisotopic (exact) mass is 377 g/mol. The summed E-state index contributed by atoms with van der Waals surface area (Å²) in [6, 6.07) is 21.1. The third kappa shape index (κ3) is 3.54. The van der Waals surface area contributed by atoms with E-state index in [0.717, 1.165) is 22.4 Å². The van der Waals surface area contributed by atoms with Gasteiger partial charge >= 0.3 is 0 Å². The van der Waals surface area contributed by atoms with Crippen molar-refractivity contribution in [3.63, 3.8) is 0 Å². The maximum Gasteiger partial charge on any atom is 0.161 e. The number of nitrogens with two attached hydrogens (primary N) is 1. The van der Waals surface area contributed by atoms with Gasteiger partial charge in [0.25, 0.3) is 0 Å².